The fraction of sp³-hybridized carbons (Fsp3) is 0.286. The lowest BCUT2D eigenvalue weighted by Crippen LogP contribution is -1.96. The highest BCUT2D eigenvalue weighted by Crippen LogP contribution is 2.39. The van der Waals surface area contributed by atoms with E-state index in [-0.39, 0.29) is 0 Å². The second kappa shape index (κ2) is 6.64. The normalized spacial score (nSPS) is 11.0. The van der Waals surface area contributed by atoms with Crippen molar-refractivity contribution in [3.63, 3.8) is 0 Å². The molecule has 0 aliphatic heterocycles. The minimum atomic E-state index is 0.486. The third-order valence-corrected chi connectivity index (χ3v) is 5.19. The second-order valence-corrected chi connectivity index (χ2v) is 7.32. The van der Waals surface area contributed by atoms with Gasteiger partial charge in [-0.15, -0.1) is 11.8 Å². The first-order valence-electron chi connectivity index (χ1n) is 5.98. The summed E-state index contributed by atoms with van der Waals surface area (Å²) in [5.74, 6) is 0. The molecule has 2 aromatic rings. The molecule has 0 unspecified atom stereocenters. The van der Waals surface area contributed by atoms with Gasteiger partial charge >= 0.3 is 0 Å². The summed E-state index contributed by atoms with van der Waals surface area (Å²) in [6.45, 7) is 6.32. The fourth-order valence-corrected chi connectivity index (χ4v) is 3.70. The molecule has 1 heterocycles. The summed E-state index contributed by atoms with van der Waals surface area (Å²) in [7, 11) is 0. The lowest BCUT2D eigenvalue weighted by molar-refractivity contribution is 0.909. The zero-order chi connectivity index (χ0) is 13.8. The van der Waals surface area contributed by atoms with Gasteiger partial charge < -0.3 is 0 Å². The Labute approximate surface area is 127 Å². The van der Waals surface area contributed by atoms with Crippen molar-refractivity contribution in [1.29, 1.82) is 0 Å². The molecule has 0 bridgehead atoms. The summed E-state index contributed by atoms with van der Waals surface area (Å²) >= 11 is 9.60. The highest BCUT2D eigenvalue weighted by molar-refractivity contribution is 8.02. The predicted molar refractivity (Wildman–Crippen MR) is 83.3 cm³/mol. The molecule has 0 N–H and O–H groups in total. The van der Waals surface area contributed by atoms with Crippen molar-refractivity contribution in [2.75, 3.05) is 0 Å². The van der Waals surface area contributed by atoms with E-state index >= 15 is 0 Å². The van der Waals surface area contributed by atoms with Crippen LogP contribution in [0.3, 0.4) is 0 Å². The number of nitrogens with zero attached hydrogens (tertiary/aromatic N) is 2. The minimum absolute atomic E-state index is 0.486. The van der Waals surface area contributed by atoms with Crippen LogP contribution in [0.25, 0.3) is 0 Å². The highest BCUT2D eigenvalue weighted by atomic mass is 35.5. The van der Waals surface area contributed by atoms with Crippen LogP contribution in [-0.2, 0) is 0 Å². The highest BCUT2D eigenvalue weighted by Gasteiger charge is 2.13. The van der Waals surface area contributed by atoms with Crippen LogP contribution in [0.15, 0.2) is 45.4 Å². The Hall–Kier alpha value is -0.710. The molecule has 0 fully saturated rings. The van der Waals surface area contributed by atoms with Gasteiger partial charge in [-0.1, -0.05) is 49.3 Å². The summed E-state index contributed by atoms with van der Waals surface area (Å²) in [6, 6.07) is 7.84. The molecule has 2 nitrogen and oxygen atoms in total. The van der Waals surface area contributed by atoms with E-state index in [9.17, 15) is 0 Å². The van der Waals surface area contributed by atoms with Gasteiger partial charge in [-0.3, -0.25) is 0 Å². The molecule has 19 heavy (non-hydrogen) atoms. The van der Waals surface area contributed by atoms with Gasteiger partial charge in [-0.25, -0.2) is 9.97 Å². The van der Waals surface area contributed by atoms with Gasteiger partial charge in [-0.2, -0.15) is 0 Å². The van der Waals surface area contributed by atoms with Crippen LogP contribution < -0.4 is 0 Å². The van der Waals surface area contributed by atoms with E-state index < -0.39 is 0 Å². The SMILES string of the molecule is Cc1ncnc(SC(C)C)c1Sc1ccccc1Cl. The molecule has 1 aromatic heterocycles. The lowest BCUT2D eigenvalue weighted by atomic mass is 10.4. The van der Waals surface area contributed by atoms with E-state index in [0.29, 0.717) is 5.25 Å². The Kier molecular flexibility index (Phi) is 5.13. The number of benzene rings is 1. The second-order valence-electron chi connectivity index (χ2n) is 4.29. The maximum atomic E-state index is 6.22. The van der Waals surface area contributed by atoms with Crippen LogP contribution in [-0.4, -0.2) is 15.2 Å². The minimum Gasteiger partial charge on any atom is -0.240 e. The number of aromatic nitrogens is 2. The van der Waals surface area contributed by atoms with Crippen molar-refractivity contribution >= 4 is 35.1 Å². The Morgan fingerprint density at radius 1 is 1.16 bits per heavy atom. The molecule has 5 heteroatoms. The predicted octanol–water partition coefficient (Wildman–Crippen LogP) is 5.09. The fourth-order valence-electron chi connectivity index (χ4n) is 1.50. The van der Waals surface area contributed by atoms with E-state index in [2.05, 4.69) is 23.8 Å². The van der Waals surface area contributed by atoms with Gasteiger partial charge in [0.1, 0.15) is 11.4 Å². The topological polar surface area (TPSA) is 25.8 Å². The molecular weight excluding hydrogens is 296 g/mol. The maximum Gasteiger partial charge on any atom is 0.117 e. The van der Waals surface area contributed by atoms with Gasteiger partial charge in [0.15, 0.2) is 0 Å². The van der Waals surface area contributed by atoms with Crippen molar-refractivity contribution in [2.45, 2.75) is 40.8 Å². The largest absolute Gasteiger partial charge is 0.240 e. The first-order valence-corrected chi connectivity index (χ1v) is 8.06. The van der Waals surface area contributed by atoms with E-state index in [1.54, 1.807) is 29.9 Å². The number of thioether (sulfide) groups is 1. The van der Waals surface area contributed by atoms with Crippen LogP contribution in [0.2, 0.25) is 5.02 Å². The van der Waals surface area contributed by atoms with Crippen LogP contribution in [0.1, 0.15) is 19.5 Å². The number of hydrogen-bond donors (Lipinski definition) is 0. The van der Waals surface area contributed by atoms with Gasteiger partial charge in [0, 0.05) is 10.1 Å². The molecule has 0 saturated carbocycles. The van der Waals surface area contributed by atoms with Crippen LogP contribution in [0.5, 0.6) is 0 Å². The Balaban J connectivity index is 2.36. The molecule has 1 aromatic carbocycles. The van der Waals surface area contributed by atoms with Crippen molar-refractivity contribution < 1.29 is 0 Å². The molecular formula is C14H15ClN2S2. The zero-order valence-corrected chi connectivity index (χ0v) is 13.4. The van der Waals surface area contributed by atoms with Crippen molar-refractivity contribution in [3.8, 4) is 0 Å². The summed E-state index contributed by atoms with van der Waals surface area (Å²) in [4.78, 5) is 10.8. The summed E-state index contributed by atoms with van der Waals surface area (Å²) in [5, 5.41) is 2.27. The van der Waals surface area contributed by atoms with E-state index in [4.69, 9.17) is 11.6 Å². The van der Waals surface area contributed by atoms with E-state index in [0.717, 1.165) is 25.5 Å². The molecule has 0 radical (unpaired) electrons. The third kappa shape index (κ3) is 3.88. The van der Waals surface area contributed by atoms with Gasteiger partial charge in [0.05, 0.1) is 15.6 Å². The number of aryl methyl sites for hydroxylation is 1. The van der Waals surface area contributed by atoms with Crippen LogP contribution >= 0.6 is 35.1 Å². The van der Waals surface area contributed by atoms with Crippen molar-refractivity contribution in [2.24, 2.45) is 0 Å². The van der Waals surface area contributed by atoms with Crippen LogP contribution in [0, 0.1) is 6.92 Å². The summed E-state index contributed by atoms with van der Waals surface area (Å²) in [5.41, 5.74) is 0.989. The first-order chi connectivity index (χ1) is 9.08. The Morgan fingerprint density at radius 3 is 2.58 bits per heavy atom. The molecule has 0 aliphatic carbocycles. The average Bonchev–Trinajstić information content (AvgIpc) is 2.35. The van der Waals surface area contributed by atoms with Gasteiger partial charge in [0.25, 0.3) is 0 Å². The quantitative estimate of drug-likeness (QED) is 0.580. The monoisotopic (exact) mass is 310 g/mol. The molecule has 0 atom stereocenters. The smallest absolute Gasteiger partial charge is 0.117 e. The molecule has 100 valence electrons. The molecule has 2 rings (SSSR count). The number of hydrogen-bond acceptors (Lipinski definition) is 4. The molecule has 0 spiro atoms. The van der Waals surface area contributed by atoms with E-state index in [1.165, 1.54) is 0 Å². The standard InChI is InChI=1S/C14H15ClN2S2/c1-9(2)18-14-13(10(3)16-8-17-14)19-12-7-5-4-6-11(12)15/h4-9H,1-3H3. The van der Waals surface area contributed by atoms with Crippen LogP contribution in [0.4, 0.5) is 0 Å². The third-order valence-electron chi connectivity index (χ3n) is 2.35. The first kappa shape index (κ1) is 14.7. The van der Waals surface area contributed by atoms with E-state index in [1.807, 2.05) is 31.2 Å². The molecule has 0 amide bonds. The lowest BCUT2D eigenvalue weighted by Gasteiger charge is -2.12. The molecule has 0 saturated heterocycles. The summed E-state index contributed by atoms with van der Waals surface area (Å²) in [6.07, 6.45) is 1.62. The van der Waals surface area contributed by atoms with Gasteiger partial charge in [-0.05, 0) is 19.1 Å². The molecule has 0 aliphatic rings. The van der Waals surface area contributed by atoms with Gasteiger partial charge in [0.2, 0.25) is 0 Å². The Bertz CT molecular complexity index is 573. The van der Waals surface area contributed by atoms with Crippen molar-refractivity contribution in [3.05, 3.63) is 41.3 Å². The maximum absolute atomic E-state index is 6.22. The number of rotatable bonds is 4. The zero-order valence-electron chi connectivity index (χ0n) is 11.1. The summed E-state index contributed by atoms with van der Waals surface area (Å²) < 4.78 is 0. The number of halogens is 1. The Morgan fingerprint density at radius 2 is 1.89 bits per heavy atom. The average molecular weight is 311 g/mol. The van der Waals surface area contributed by atoms with Crippen molar-refractivity contribution in [1.82, 2.24) is 9.97 Å².